The van der Waals surface area contributed by atoms with E-state index in [1.807, 2.05) is 36.4 Å². The Balaban J connectivity index is 0.000000745. The molecule has 22 heavy (non-hydrogen) atoms. The van der Waals surface area contributed by atoms with Gasteiger partial charge in [-0.15, -0.1) is 0 Å². The first-order chi connectivity index (χ1) is 10.6. The summed E-state index contributed by atoms with van der Waals surface area (Å²) in [5.74, 6) is -1.51. The Morgan fingerprint density at radius 2 is 1.86 bits per heavy atom. The number of carbonyl (C=O) groups excluding carboxylic acids is 2. The Morgan fingerprint density at radius 1 is 1.23 bits per heavy atom. The molecule has 0 aliphatic carbocycles. The fourth-order valence-electron chi connectivity index (χ4n) is 2.06. The number of methoxy groups -OCH3 is 2. The average Bonchev–Trinajstić information content (AvgIpc) is 2.54. The van der Waals surface area contributed by atoms with Gasteiger partial charge in [0.2, 0.25) is 0 Å². The molecule has 2 rings (SSSR count). The van der Waals surface area contributed by atoms with E-state index in [9.17, 15) is 9.59 Å². The molecule has 5 nitrogen and oxygen atoms in total. The Hall–Kier alpha value is -1.98. The number of ether oxygens (including phenoxy) is 3. The molecule has 1 fully saturated rings. The molecular weight excluding hydrogens is 284 g/mol. The standard InChI is InChI=1S/C15H16O4.C2H6O/c1-18-15(17)14-12(16)9-10-19-13(14)8-7-11-5-3-2-4-6-11;1-3-2/h2-8,13-14H,9-10H2,1H3;1-2H3/b8-7+;/t13-,14+;/m1./s1. The second-order valence-corrected chi connectivity index (χ2v) is 4.73. The molecule has 0 saturated carbocycles. The number of Topliss-reactive ketones (excluding diaryl/α,β-unsaturated/α-hetero) is 1. The normalized spacial score (nSPS) is 21.1. The maximum atomic E-state index is 11.8. The summed E-state index contributed by atoms with van der Waals surface area (Å²) < 4.78 is 14.4. The number of esters is 1. The molecule has 0 spiro atoms. The van der Waals surface area contributed by atoms with Gasteiger partial charge in [0.05, 0.1) is 19.8 Å². The molecule has 0 N–H and O–H groups in total. The van der Waals surface area contributed by atoms with Crippen LogP contribution < -0.4 is 0 Å². The zero-order valence-electron chi connectivity index (χ0n) is 13.2. The van der Waals surface area contributed by atoms with Crippen molar-refractivity contribution < 1.29 is 23.8 Å². The highest BCUT2D eigenvalue weighted by molar-refractivity contribution is 6.00. The summed E-state index contributed by atoms with van der Waals surface area (Å²) in [6.07, 6.45) is 3.30. The van der Waals surface area contributed by atoms with Crippen molar-refractivity contribution in [3.63, 3.8) is 0 Å². The largest absolute Gasteiger partial charge is 0.468 e. The first-order valence-corrected chi connectivity index (χ1v) is 6.99. The Morgan fingerprint density at radius 3 is 2.45 bits per heavy atom. The van der Waals surface area contributed by atoms with Gasteiger partial charge in [-0.1, -0.05) is 42.5 Å². The number of carbonyl (C=O) groups is 2. The Labute approximate surface area is 130 Å². The van der Waals surface area contributed by atoms with E-state index in [-0.39, 0.29) is 12.2 Å². The van der Waals surface area contributed by atoms with Gasteiger partial charge >= 0.3 is 5.97 Å². The summed E-state index contributed by atoms with van der Waals surface area (Å²) >= 11 is 0. The van der Waals surface area contributed by atoms with Crippen LogP contribution in [0.4, 0.5) is 0 Å². The zero-order valence-corrected chi connectivity index (χ0v) is 13.2. The van der Waals surface area contributed by atoms with Gasteiger partial charge in [-0.05, 0) is 5.56 Å². The predicted molar refractivity (Wildman–Crippen MR) is 83.3 cm³/mol. The van der Waals surface area contributed by atoms with E-state index >= 15 is 0 Å². The SMILES string of the molecule is COC.COC(=O)[C@H]1C(=O)CCO[C@@H]1/C=C/c1ccccc1. The number of rotatable bonds is 3. The highest BCUT2D eigenvalue weighted by Gasteiger charge is 2.37. The molecule has 120 valence electrons. The molecule has 0 unspecified atom stereocenters. The second kappa shape index (κ2) is 9.87. The van der Waals surface area contributed by atoms with Gasteiger partial charge in [-0.25, -0.2) is 0 Å². The van der Waals surface area contributed by atoms with Crippen LogP contribution in [-0.4, -0.2) is 45.8 Å². The number of hydrogen-bond donors (Lipinski definition) is 0. The van der Waals surface area contributed by atoms with Gasteiger partial charge < -0.3 is 14.2 Å². The van der Waals surface area contributed by atoms with Crippen LogP contribution in [0.25, 0.3) is 6.08 Å². The van der Waals surface area contributed by atoms with Crippen molar-refractivity contribution in [3.8, 4) is 0 Å². The monoisotopic (exact) mass is 306 g/mol. The summed E-state index contributed by atoms with van der Waals surface area (Å²) in [4.78, 5) is 23.4. The van der Waals surface area contributed by atoms with Crippen molar-refractivity contribution in [2.24, 2.45) is 5.92 Å². The molecule has 1 aliphatic heterocycles. The molecule has 0 aromatic heterocycles. The molecule has 0 radical (unpaired) electrons. The smallest absolute Gasteiger partial charge is 0.319 e. The van der Waals surface area contributed by atoms with Gasteiger partial charge in [0.1, 0.15) is 5.92 Å². The molecule has 0 amide bonds. The fourth-order valence-corrected chi connectivity index (χ4v) is 2.06. The highest BCUT2D eigenvalue weighted by atomic mass is 16.5. The molecule has 1 heterocycles. The van der Waals surface area contributed by atoms with Crippen molar-refractivity contribution in [2.45, 2.75) is 12.5 Å². The third-order valence-corrected chi connectivity index (χ3v) is 3.07. The van der Waals surface area contributed by atoms with Gasteiger partial charge in [0.15, 0.2) is 5.78 Å². The first-order valence-electron chi connectivity index (χ1n) is 6.99. The molecule has 1 aromatic rings. The van der Waals surface area contributed by atoms with Crippen LogP contribution >= 0.6 is 0 Å². The molecule has 5 heteroatoms. The van der Waals surface area contributed by atoms with Gasteiger partial charge in [0, 0.05) is 20.6 Å². The summed E-state index contributed by atoms with van der Waals surface area (Å²) in [6.45, 7) is 0.343. The van der Waals surface area contributed by atoms with E-state index in [1.165, 1.54) is 7.11 Å². The Bertz CT molecular complexity index is 487. The van der Waals surface area contributed by atoms with E-state index in [2.05, 4.69) is 9.47 Å². The van der Waals surface area contributed by atoms with E-state index in [4.69, 9.17) is 4.74 Å². The molecular formula is C17H22O5. The Kier molecular flexibility index (Phi) is 8.10. The van der Waals surface area contributed by atoms with Crippen molar-refractivity contribution >= 4 is 17.8 Å². The molecule has 1 saturated heterocycles. The predicted octanol–water partition coefficient (Wildman–Crippen LogP) is 2.11. The van der Waals surface area contributed by atoms with Gasteiger partial charge in [-0.3, -0.25) is 9.59 Å². The lowest BCUT2D eigenvalue weighted by Crippen LogP contribution is -2.41. The van der Waals surface area contributed by atoms with Crippen LogP contribution in [0.3, 0.4) is 0 Å². The third kappa shape index (κ3) is 5.42. The zero-order chi connectivity index (χ0) is 16.4. The van der Waals surface area contributed by atoms with Crippen LogP contribution in [0.2, 0.25) is 0 Å². The number of benzene rings is 1. The molecule has 2 atom stereocenters. The summed E-state index contributed by atoms with van der Waals surface area (Å²) in [7, 11) is 4.53. The minimum atomic E-state index is -0.848. The minimum Gasteiger partial charge on any atom is -0.468 e. The topological polar surface area (TPSA) is 61.8 Å². The molecule has 1 aliphatic rings. The van der Waals surface area contributed by atoms with Crippen LogP contribution in [-0.2, 0) is 23.8 Å². The quantitative estimate of drug-likeness (QED) is 0.632. The molecule has 0 bridgehead atoms. The minimum absolute atomic E-state index is 0.124. The van der Waals surface area contributed by atoms with Crippen molar-refractivity contribution in [1.29, 1.82) is 0 Å². The highest BCUT2D eigenvalue weighted by Crippen LogP contribution is 2.21. The van der Waals surface area contributed by atoms with E-state index < -0.39 is 18.0 Å². The lowest BCUT2D eigenvalue weighted by Gasteiger charge is -2.26. The second-order valence-electron chi connectivity index (χ2n) is 4.73. The van der Waals surface area contributed by atoms with Crippen molar-refractivity contribution in [1.82, 2.24) is 0 Å². The van der Waals surface area contributed by atoms with Crippen molar-refractivity contribution in [2.75, 3.05) is 27.9 Å². The van der Waals surface area contributed by atoms with Crippen LogP contribution in [0.15, 0.2) is 36.4 Å². The van der Waals surface area contributed by atoms with Crippen molar-refractivity contribution in [3.05, 3.63) is 42.0 Å². The van der Waals surface area contributed by atoms with Crippen LogP contribution in [0, 0.1) is 5.92 Å². The van der Waals surface area contributed by atoms with E-state index in [0.29, 0.717) is 6.61 Å². The number of hydrogen-bond acceptors (Lipinski definition) is 5. The lowest BCUT2D eigenvalue weighted by molar-refractivity contribution is -0.158. The van der Waals surface area contributed by atoms with Gasteiger partial charge in [-0.2, -0.15) is 0 Å². The molecule has 1 aromatic carbocycles. The van der Waals surface area contributed by atoms with Crippen LogP contribution in [0.1, 0.15) is 12.0 Å². The fraction of sp³-hybridized carbons (Fsp3) is 0.412. The maximum Gasteiger partial charge on any atom is 0.319 e. The van der Waals surface area contributed by atoms with E-state index in [1.54, 1.807) is 20.3 Å². The lowest BCUT2D eigenvalue weighted by atomic mass is 9.92. The summed E-state index contributed by atoms with van der Waals surface area (Å²) in [6, 6.07) is 9.65. The maximum absolute atomic E-state index is 11.8. The van der Waals surface area contributed by atoms with Gasteiger partial charge in [0.25, 0.3) is 0 Å². The average molecular weight is 306 g/mol. The third-order valence-electron chi connectivity index (χ3n) is 3.07. The number of ketones is 1. The van der Waals surface area contributed by atoms with Crippen LogP contribution in [0.5, 0.6) is 0 Å². The summed E-state index contributed by atoms with van der Waals surface area (Å²) in [5, 5.41) is 0. The first kappa shape index (κ1) is 18.1. The summed E-state index contributed by atoms with van der Waals surface area (Å²) in [5.41, 5.74) is 0.993. The van der Waals surface area contributed by atoms with E-state index in [0.717, 1.165) is 5.56 Å².